The lowest BCUT2D eigenvalue weighted by Gasteiger charge is -2.17. The summed E-state index contributed by atoms with van der Waals surface area (Å²) in [6.07, 6.45) is 0.700. The lowest BCUT2D eigenvalue weighted by molar-refractivity contribution is 0.477. The summed E-state index contributed by atoms with van der Waals surface area (Å²) in [5.74, 6) is 0. The molecule has 0 aliphatic carbocycles. The maximum Gasteiger partial charge on any atom is 0.244 e. The molecule has 1 fully saturated rings. The fourth-order valence-electron chi connectivity index (χ4n) is 1.87. The standard InChI is InChI=1S/C11H12Br2ClNO2S/c1-7-4-10(13)11(5-9(7)12)18(16,17)15-3-2-8(14)6-15/h4-5,8H,2-3,6H2,1H3. The zero-order valence-corrected chi connectivity index (χ0v) is 14.4. The summed E-state index contributed by atoms with van der Waals surface area (Å²) < 4.78 is 27.8. The van der Waals surface area contributed by atoms with Crippen molar-refractivity contribution in [1.29, 1.82) is 0 Å². The van der Waals surface area contributed by atoms with Gasteiger partial charge in [0.25, 0.3) is 0 Å². The first-order valence-corrected chi connectivity index (χ1v) is 8.88. The van der Waals surface area contributed by atoms with Crippen LogP contribution >= 0.6 is 43.5 Å². The van der Waals surface area contributed by atoms with Gasteiger partial charge < -0.3 is 0 Å². The number of hydrogen-bond acceptors (Lipinski definition) is 2. The van der Waals surface area contributed by atoms with E-state index in [4.69, 9.17) is 11.6 Å². The number of benzene rings is 1. The topological polar surface area (TPSA) is 37.4 Å². The quantitative estimate of drug-likeness (QED) is 0.691. The number of alkyl halides is 1. The number of aryl methyl sites for hydroxylation is 1. The van der Waals surface area contributed by atoms with Crippen LogP contribution in [0.2, 0.25) is 0 Å². The molecule has 1 unspecified atom stereocenters. The fourth-order valence-corrected chi connectivity index (χ4v) is 5.36. The second-order valence-corrected chi connectivity index (χ2v) is 8.51. The van der Waals surface area contributed by atoms with Crippen molar-refractivity contribution in [3.63, 3.8) is 0 Å². The molecule has 1 saturated heterocycles. The average Bonchev–Trinajstić information content (AvgIpc) is 2.70. The lowest BCUT2D eigenvalue weighted by atomic mass is 10.2. The molecule has 0 amide bonds. The Morgan fingerprint density at radius 2 is 2.00 bits per heavy atom. The lowest BCUT2D eigenvalue weighted by Crippen LogP contribution is -2.29. The Morgan fingerprint density at radius 1 is 1.33 bits per heavy atom. The van der Waals surface area contributed by atoms with E-state index in [0.29, 0.717) is 24.0 Å². The van der Waals surface area contributed by atoms with Gasteiger partial charge in [-0.15, -0.1) is 11.6 Å². The summed E-state index contributed by atoms with van der Waals surface area (Å²) in [6, 6.07) is 3.43. The Balaban J connectivity index is 2.45. The van der Waals surface area contributed by atoms with Gasteiger partial charge in [-0.25, -0.2) is 8.42 Å². The van der Waals surface area contributed by atoms with Crippen molar-refractivity contribution in [2.75, 3.05) is 13.1 Å². The van der Waals surface area contributed by atoms with E-state index in [9.17, 15) is 8.42 Å². The molecular formula is C11H12Br2ClNO2S. The molecule has 1 aromatic carbocycles. The second-order valence-electron chi connectivity index (χ2n) is 4.28. The van der Waals surface area contributed by atoms with E-state index in [0.717, 1.165) is 10.0 Å². The van der Waals surface area contributed by atoms with Crippen LogP contribution in [0.4, 0.5) is 0 Å². The zero-order chi connectivity index (χ0) is 13.5. The predicted molar refractivity (Wildman–Crippen MR) is 79.6 cm³/mol. The van der Waals surface area contributed by atoms with E-state index in [1.54, 1.807) is 12.1 Å². The van der Waals surface area contributed by atoms with Gasteiger partial charge in [0.1, 0.15) is 0 Å². The van der Waals surface area contributed by atoms with E-state index < -0.39 is 10.0 Å². The van der Waals surface area contributed by atoms with Crippen molar-refractivity contribution >= 4 is 53.5 Å². The van der Waals surface area contributed by atoms with Crippen LogP contribution in [0.1, 0.15) is 12.0 Å². The van der Waals surface area contributed by atoms with E-state index >= 15 is 0 Å². The molecule has 0 radical (unpaired) electrons. The third-order valence-electron chi connectivity index (χ3n) is 2.92. The van der Waals surface area contributed by atoms with Crippen LogP contribution in [0.5, 0.6) is 0 Å². The first-order valence-electron chi connectivity index (χ1n) is 5.42. The van der Waals surface area contributed by atoms with Crippen LogP contribution < -0.4 is 0 Å². The summed E-state index contributed by atoms with van der Waals surface area (Å²) in [5.41, 5.74) is 0.984. The van der Waals surface area contributed by atoms with Gasteiger partial charge >= 0.3 is 0 Å². The minimum Gasteiger partial charge on any atom is -0.207 e. The van der Waals surface area contributed by atoms with Crippen LogP contribution in [0, 0.1) is 6.92 Å². The normalized spacial score (nSPS) is 21.4. The number of nitrogens with zero attached hydrogens (tertiary/aromatic N) is 1. The highest BCUT2D eigenvalue weighted by Gasteiger charge is 2.33. The molecule has 1 aromatic rings. The maximum absolute atomic E-state index is 12.5. The summed E-state index contributed by atoms with van der Waals surface area (Å²) in [6.45, 7) is 2.77. The average molecular weight is 418 g/mol. The van der Waals surface area contributed by atoms with Gasteiger partial charge in [-0.05, 0) is 47.0 Å². The van der Waals surface area contributed by atoms with E-state index in [1.165, 1.54) is 4.31 Å². The Kier molecular flexibility index (Phi) is 4.44. The molecule has 0 N–H and O–H groups in total. The molecule has 100 valence electrons. The summed E-state index contributed by atoms with van der Waals surface area (Å²) >= 11 is 12.7. The third-order valence-corrected chi connectivity index (χ3v) is 6.96. The summed E-state index contributed by atoms with van der Waals surface area (Å²) in [5, 5.41) is -0.0903. The van der Waals surface area contributed by atoms with Gasteiger partial charge in [-0.1, -0.05) is 15.9 Å². The Morgan fingerprint density at radius 3 is 2.56 bits per heavy atom. The molecule has 3 nitrogen and oxygen atoms in total. The monoisotopic (exact) mass is 415 g/mol. The van der Waals surface area contributed by atoms with Gasteiger partial charge in [-0.3, -0.25) is 0 Å². The zero-order valence-electron chi connectivity index (χ0n) is 9.66. The van der Waals surface area contributed by atoms with Crippen molar-refractivity contribution in [2.45, 2.75) is 23.6 Å². The van der Waals surface area contributed by atoms with Crippen molar-refractivity contribution < 1.29 is 8.42 Å². The number of rotatable bonds is 2. The Labute approximate surface area is 129 Å². The Bertz CT molecular complexity index is 577. The minimum atomic E-state index is -3.47. The van der Waals surface area contributed by atoms with Gasteiger partial charge in [0.05, 0.1) is 4.90 Å². The highest BCUT2D eigenvalue weighted by molar-refractivity contribution is 9.11. The molecule has 1 aliphatic heterocycles. The molecule has 1 aliphatic rings. The summed E-state index contributed by atoms with van der Waals surface area (Å²) in [4.78, 5) is 0.283. The SMILES string of the molecule is Cc1cc(Br)c(S(=O)(=O)N2CCC(Cl)C2)cc1Br. The molecule has 1 atom stereocenters. The van der Waals surface area contributed by atoms with Crippen LogP contribution in [-0.2, 0) is 10.0 Å². The van der Waals surface area contributed by atoms with E-state index in [1.807, 2.05) is 6.92 Å². The molecule has 2 rings (SSSR count). The van der Waals surface area contributed by atoms with Gasteiger partial charge in [0, 0.05) is 27.4 Å². The first kappa shape index (κ1) is 14.8. The van der Waals surface area contributed by atoms with Gasteiger partial charge in [0.2, 0.25) is 10.0 Å². The molecule has 0 bridgehead atoms. The van der Waals surface area contributed by atoms with Crippen LogP contribution in [0.3, 0.4) is 0 Å². The molecule has 0 aromatic heterocycles. The van der Waals surface area contributed by atoms with E-state index in [-0.39, 0.29) is 10.3 Å². The van der Waals surface area contributed by atoms with Crippen molar-refractivity contribution in [2.24, 2.45) is 0 Å². The maximum atomic E-state index is 12.5. The molecule has 18 heavy (non-hydrogen) atoms. The highest BCUT2D eigenvalue weighted by Crippen LogP contribution is 2.32. The van der Waals surface area contributed by atoms with Crippen molar-refractivity contribution in [1.82, 2.24) is 4.31 Å². The number of hydrogen-bond donors (Lipinski definition) is 0. The Hall–Kier alpha value is 0.380. The fraction of sp³-hybridized carbons (Fsp3) is 0.455. The predicted octanol–water partition coefficient (Wildman–Crippen LogP) is 3.52. The van der Waals surface area contributed by atoms with Crippen LogP contribution in [0.15, 0.2) is 26.0 Å². The van der Waals surface area contributed by atoms with Crippen LogP contribution in [-0.4, -0.2) is 31.2 Å². The largest absolute Gasteiger partial charge is 0.244 e. The first-order chi connectivity index (χ1) is 8.32. The molecular weight excluding hydrogens is 405 g/mol. The van der Waals surface area contributed by atoms with Gasteiger partial charge in [-0.2, -0.15) is 4.31 Å². The second kappa shape index (κ2) is 5.40. The molecule has 7 heteroatoms. The molecule has 1 heterocycles. The van der Waals surface area contributed by atoms with Gasteiger partial charge in [0.15, 0.2) is 0 Å². The highest BCUT2D eigenvalue weighted by atomic mass is 79.9. The summed E-state index contributed by atoms with van der Waals surface area (Å²) in [7, 11) is -3.47. The van der Waals surface area contributed by atoms with Crippen LogP contribution in [0.25, 0.3) is 0 Å². The number of sulfonamides is 1. The third kappa shape index (κ3) is 2.77. The smallest absolute Gasteiger partial charge is 0.207 e. The minimum absolute atomic E-state index is 0.0903. The van der Waals surface area contributed by atoms with Crippen molar-refractivity contribution in [3.05, 3.63) is 26.6 Å². The van der Waals surface area contributed by atoms with E-state index in [2.05, 4.69) is 31.9 Å². The number of halogens is 3. The molecule has 0 spiro atoms. The molecule has 0 saturated carbocycles. The van der Waals surface area contributed by atoms with Crippen molar-refractivity contribution in [3.8, 4) is 0 Å².